The molecule has 0 bridgehead atoms. The number of nitrogens with one attached hydrogen (secondary N) is 1. The van der Waals surface area contributed by atoms with E-state index in [0.29, 0.717) is 29.8 Å². The van der Waals surface area contributed by atoms with Gasteiger partial charge in [0.25, 0.3) is 5.91 Å². The lowest BCUT2D eigenvalue weighted by Crippen LogP contribution is -2.46. The zero-order chi connectivity index (χ0) is 19.2. The summed E-state index contributed by atoms with van der Waals surface area (Å²) in [5, 5.41) is 3.02. The van der Waals surface area contributed by atoms with Crippen molar-refractivity contribution < 1.29 is 14.4 Å². The molecule has 2 aromatic rings. The number of ketones is 1. The zero-order valence-corrected chi connectivity index (χ0v) is 15.1. The minimum Gasteiger partial charge on any atom is -0.369 e. The third kappa shape index (κ3) is 4.80. The van der Waals surface area contributed by atoms with E-state index in [1.807, 2.05) is 11.0 Å². The SMILES string of the molecule is NC(=O)CN1CCC(NC(=O)c2ccccc2C(=O)c2ccccc2)CC1. The maximum atomic E-state index is 12.8. The van der Waals surface area contributed by atoms with Gasteiger partial charge in [-0.05, 0) is 18.9 Å². The van der Waals surface area contributed by atoms with Gasteiger partial charge in [0.05, 0.1) is 12.1 Å². The summed E-state index contributed by atoms with van der Waals surface area (Å²) in [6.45, 7) is 1.66. The molecular weight excluding hydrogens is 342 g/mol. The van der Waals surface area contributed by atoms with Crippen molar-refractivity contribution in [3.8, 4) is 0 Å². The summed E-state index contributed by atoms with van der Waals surface area (Å²) < 4.78 is 0. The Kier molecular flexibility index (Phi) is 5.98. The second kappa shape index (κ2) is 8.60. The van der Waals surface area contributed by atoms with E-state index >= 15 is 0 Å². The van der Waals surface area contributed by atoms with Crippen LogP contribution in [0.25, 0.3) is 0 Å². The van der Waals surface area contributed by atoms with Crippen molar-refractivity contribution in [3.63, 3.8) is 0 Å². The average molecular weight is 365 g/mol. The van der Waals surface area contributed by atoms with E-state index in [1.54, 1.807) is 48.5 Å². The molecule has 0 saturated carbocycles. The van der Waals surface area contributed by atoms with Gasteiger partial charge in [-0.2, -0.15) is 0 Å². The minimum absolute atomic E-state index is 0.0153. The second-order valence-electron chi connectivity index (χ2n) is 6.73. The summed E-state index contributed by atoms with van der Waals surface area (Å²) in [6.07, 6.45) is 1.49. The Hall–Kier alpha value is -2.99. The molecule has 6 heteroatoms. The number of amides is 2. The summed E-state index contributed by atoms with van der Waals surface area (Å²) in [7, 11) is 0. The van der Waals surface area contributed by atoms with E-state index < -0.39 is 0 Å². The van der Waals surface area contributed by atoms with Gasteiger partial charge in [0.1, 0.15) is 0 Å². The van der Waals surface area contributed by atoms with Gasteiger partial charge in [-0.3, -0.25) is 19.3 Å². The highest BCUT2D eigenvalue weighted by atomic mass is 16.2. The van der Waals surface area contributed by atoms with Crippen molar-refractivity contribution in [2.75, 3.05) is 19.6 Å². The van der Waals surface area contributed by atoms with Crippen LogP contribution in [-0.4, -0.2) is 48.2 Å². The predicted molar refractivity (Wildman–Crippen MR) is 102 cm³/mol. The number of carbonyl (C=O) groups excluding carboxylic acids is 3. The molecule has 0 atom stereocenters. The first-order valence-corrected chi connectivity index (χ1v) is 9.05. The molecule has 0 aromatic heterocycles. The smallest absolute Gasteiger partial charge is 0.252 e. The van der Waals surface area contributed by atoms with Crippen LogP contribution in [0.3, 0.4) is 0 Å². The summed E-state index contributed by atoms with van der Waals surface area (Å²) in [4.78, 5) is 38.5. The molecule has 140 valence electrons. The highest BCUT2D eigenvalue weighted by molar-refractivity contribution is 6.15. The second-order valence-corrected chi connectivity index (χ2v) is 6.73. The molecule has 0 spiro atoms. The molecule has 1 saturated heterocycles. The lowest BCUT2D eigenvalue weighted by Gasteiger charge is -2.31. The van der Waals surface area contributed by atoms with Crippen LogP contribution >= 0.6 is 0 Å². The largest absolute Gasteiger partial charge is 0.369 e. The molecule has 3 rings (SSSR count). The van der Waals surface area contributed by atoms with Crippen LogP contribution in [0.5, 0.6) is 0 Å². The monoisotopic (exact) mass is 365 g/mol. The molecule has 0 unspecified atom stereocenters. The number of rotatable bonds is 6. The van der Waals surface area contributed by atoms with Crippen molar-refractivity contribution in [1.29, 1.82) is 0 Å². The van der Waals surface area contributed by atoms with Crippen molar-refractivity contribution in [3.05, 3.63) is 71.3 Å². The first-order chi connectivity index (χ1) is 13.0. The quantitative estimate of drug-likeness (QED) is 0.761. The predicted octanol–water partition coefficient (Wildman–Crippen LogP) is 1.60. The Morgan fingerprint density at radius 2 is 1.52 bits per heavy atom. The van der Waals surface area contributed by atoms with E-state index in [1.165, 1.54) is 0 Å². The number of likely N-dealkylation sites (tertiary alicyclic amines) is 1. The molecule has 1 aliphatic rings. The summed E-state index contributed by atoms with van der Waals surface area (Å²) in [6, 6.07) is 15.8. The highest BCUT2D eigenvalue weighted by Crippen LogP contribution is 2.16. The van der Waals surface area contributed by atoms with E-state index in [2.05, 4.69) is 5.32 Å². The number of nitrogens with two attached hydrogens (primary N) is 1. The number of hydrogen-bond acceptors (Lipinski definition) is 4. The normalized spacial score (nSPS) is 15.3. The molecular formula is C21H23N3O3. The van der Waals surface area contributed by atoms with E-state index in [-0.39, 0.29) is 30.2 Å². The maximum Gasteiger partial charge on any atom is 0.252 e. The van der Waals surface area contributed by atoms with Crippen molar-refractivity contribution in [2.45, 2.75) is 18.9 Å². The van der Waals surface area contributed by atoms with E-state index in [9.17, 15) is 14.4 Å². The minimum atomic E-state index is -0.342. The number of hydrogen-bond donors (Lipinski definition) is 2. The fourth-order valence-electron chi connectivity index (χ4n) is 3.34. The summed E-state index contributed by atoms with van der Waals surface area (Å²) in [5.41, 5.74) is 6.55. The molecule has 1 heterocycles. The number of nitrogens with zero attached hydrogens (tertiary/aromatic N) is 1. The number of carbonyl (C=O) groups is 3. The Morgan fingerprint density at radius 3 is 2.15 bits per heavy atom. The lowest BCUT2D eigenvalue weighted by molar-refractivity contribution is -0.119. The van der Waals surface area contributed by atoms with Gasteiger partial charge in [-0.25, -0.2) is 0 Å². The van der Waals surface area contributed by atoms with Crippen LogP contribution in [0.15, 0.2) is 54.6 Å². The van der Waals surface area contributed by atoms with Gasteiger partial charge in [-0.1, -0.05) is 48.5 Å². The Balaban J connectivity index is 1.68. The maximum absolute atomic E-state index is 12.8. The van der Waals surface area contributed by atoms with Crippen LogP contribution in [0, 0.1) is 0 Å². The van der Waals surface area contributed by atoms with Crippen LogP contribution in [-0.2, 0) is 4.79 Å². The molecule has 27 heavy (non-hydrogen) atoms. The van der Waals surface area contributed by atoms with Gasteiger partial charge in [0.15, 0.2) is 5.78 Å². The lowest BCUT2D eigenvalue weighted by atomic mass is 9.97. The van der Waals surface area contributed by atoms with Crippen LogP contribution in [0.4, 0.5) is 0 Å². The zero-order valence-electron chi connectivity index (χ0n) is 15.1. The molecule has 1 fully saturated rings. The van der Waals surface area contributed by atoms with Gasteiger partial charge in [0.2, 0.25) is 5.91 Å². The van der Waals surface area contributed by atoms with Crippen molar-refractivity contribution in [1.82, 2.24) is 10.2 Å². The van der Waals surface area contributed by atoms with Crippen LogP contribution in [0.1, 0.15) is 39.1 Å². The van der Waals surface area contributed by atoms with Crippen LogP contribution in [0.2, 0.25) is 0 Å². The van der Waals surface area contributed by atoms with Crippen LogP contribution < -0.4 is 11.1 Å². The first-order valence-electron chi connectivity index (χ1n) is 9.05. The number of primary amides is 1. The summed E-state index contributed by atoms with van der Waals surface area (Å²) >= 11 is 0. The van der Waals surface area contributed by atoms with Crippen molar-refractivity contribution in [2.24, 2.45) is 5.73 Å². The molecule has 0 aliphatic carbocycles. The van der Waals surface area contributed by atoms with Gasteiger partial charge in [-0.15, -0.1) is 0 Å². The number of piperidine rings is 1. The third-order valence-corrected chi connectivity index (χ3v) is 4.75. The van der Waals surface area contributed by atoms with Crippen molar-refractivity contribution >= 4 is 17.6 Å². The number of benzene rings is 2. The van der Waals surface area contributed by atoms with Gasteiger partial charge in [0, 0.05) is 30.3 Å². The molecule has 3 N–H and O–H groups in total. The topological polar surface area (TPSA) is 92.5 Å². The molecule has 0 radical (unpaired) electrons. The standard InChI is InChI=1S/C21H23N3O3/c22-19(25)14-24-12-10-16(11-13-24)23-21(27)18-9-5-4-8-17(18)20(26)15-6-2-1-3-7-15/h1-9,16H,10-14H2,(H2,22,25)(H,23,27). The highest BCUT2D eigenvalue weighted by Gasteiger charge is 2.24. The Bertz CT molecular complexity index is 828. The molecule has 2 amide bonds. The molecule has 1 aliphatic heterocycles. The van der Waals surface area contributed by atoms with E-state index in [4.69, 9.17) is 5.73 Å². The fourth-order valence-corrected chi connectivity index (χ4v) is 3.34. The Labute approximate surface area is 158 Å². The molecule has 2 aromatic carbocycles. The summed E-state index contributed by atoms with van der Waals surface area (Å²) in [5.74, 6) is -0.758. The van der Waals surface area contributed by atoms with Gasteiger partial charge < -0.3 is 11.1 Å². The third-order valence-electron chi connectivity index (χ3n) is 4.75. The van der Waals surface area contributed by atoms with Gasteiger partial charge >= 0.3 is 0 Å². The Morgan fingerprint density at radius 1 is 0.926 bits per heavy atom. The average Bonchev–Trinajstić information content (AvgIpc) is 2.69. The fraction of sp³-hybridized carbons (Fsp3) is 0.286. The first kappa shape index (κ1) is 18.8. The molecule has 6 nitrogen and oxygen atoms in total. The van der Waals surface area contributed by atoms with E-state index in [0.717, 1.165) is 12.8 Å².